The topological polar surface area (TPSA) is 240 Å². The third kappa shape index (κ3) is 25.6. The zero-order valence-electron chi connectivity index (χ0n) is 44.9. The van der Waals surface area contributed by atoms with Crippen molar-refractivity contribution >= 4 is 23.8 Å². The summed E-state index contributed by atoms with van der Waals surface area (Å²) in [6, 6.07) is -7.29. The molecule has 0 unspecified atom stereocenters. The van der Waals surface area contributed by atoms with Crippen molar-refractivity contribution in [3.05, 3.63) is 0 Å². The Morgan fingerprint density at radius 3 is 0.875 bits per heavy atom. The van der Waals surface area contributed by atoms with E-state index < -0.39 is 112 Å². The summed E-state index contributed by atoms with van der Waals surface area (Å²) in [5.41, 5.74) is 0. The number of hydrogen-bond acceptors (Lipinski definition) is 14. The Bertz CT molecular complexity index is 1260. The number of ether oxygens (including phenoxy) is 2. The van der Waals surface area contributed by atoms with Crippen LogP contribution >= 0.6 is 0 Å². The fourth-order valence-corrected chi connectivity index (χ4v) is 2.78. The van der Waals surface area contributed by atoms with Gasteiger partial charge in [-0.3, -0.25) is 9.59 Å². The number of aliphatic hydroxyl groups is 4. The van der Waals surface area contributed by atoms with Crippen LogP contribution in [0.5, 0.6) is 0 Å². The molecule has 286 valence electrons. The Hall–Kier alpha value is -2.44. The summed E-state index contributed by atoms with van der Waals surface area (Å²) in [6.07, 6.45) is 0.544. The highest BCUT2D eigenvalue weighted by Crippen LogP contribution is 1.97. The van der Waals surface area contributed by atoms with Crippen molar-refractivity contribution in [2.24, 2.45) is 0 Å². The maximum Gasteiger partial charge on any atom is 0.328 e. The number of esters is 2. The number of rotatable bonds is 24. The van der Waals surface area contributed by atoms with Crippen molar-refractivity contribution in [3.63, 3.8) is 0 Å². The first-order chi connectivity index (χ1) is 28.6. The lowest BCUT2D eigenvalue weighted by Gasteiger charge is -2.17. The first-order valence-electron chi connectivity index (χ1n) is 23.3. The van der Waals surface area contributed by atoms with Crippen LogP contribution in [-0.4, -0.2) is 147 Å². The standard InChI is InChI=1S/C12H20N2O6.2C10H24N2O2/c1-5-7(11(17)19-3)13-9(15)10(16)14-8(6-2)12(18)20-4;2*1-3-9(7-13)11-5-6-12-10(4-2)8-14/h7-8H,5-6H2,1-4H3,(H,13,15)(H,14,16);2*9-14H,3-8H2,1-2H3/t7-,8-;2*9-,10-/m000/s1/i;2*5D2,6D2,7D2,8D2. The van der Waals surface area contributed by atoms with E-state index in [-0.39, 0.29) is 38.5 Å². The van der Waals surface area contributed by atoms with E-state index in [2.05, 4.69) is 41.4 Å². The second kappa shape index (κ2) is 34.4. The Morgan fingerprint density at radius 2 is 0.729 bits per heavy atom. The van der Waals surface area contributed by atoms with Gasteiger partial charge in [0.15, 0.2) is 0 Å². The molecule has 0 aromatic rings. The number of nitrogens with one attached hydrogen (secondary N) is 6. The average molecular weight is 713 g/mol. The Balaban J connectivity index is -0.000000873. The van der Waals surface area contributed by atoms with Gasteiger partial charge in [0.05, 0.1) is 51.4 Å². The van der Waals surface area contributed by atoms with Crippen LogP contribution < -0.4 is 31.9 Å². The van der Waals surface area contributed by atoms with Gasteiger partial charge >= 0.3 is 23.8 Å². The quantitative estimate of drug-likeness (QED) is 0.0407. The highest BCUT2D eigenvalue weighted by atomic mass is 16.5. The summed E-state index contributed by atoms with van der Waals surface area (Å²) in [5, 5.41) is 50.0. The predicted molar refractivity (Wildman–Crippen MR) is 185 cm³/mol. The van der Waals surface area contributed by atoms with Crippen LogP contribution in [0.3, 0.4) is 0 Å². The maximum atomic E-state index is 11.6. The molecule has 0 bridgehead atoms. The van der Waals surface area contributed by atoms with Crippen LogP contribution in [-0.2, 0) is 28.7 Å². The van der Waals surface area contributed by atoms with Gasteiger partial charge in [-0.05, 0) is 38.5 Å². The molecule has 0 rings (SSSR count). The second-order valence-electron chi connectivity index (χ2n) is 9.35. The van der Waals surface area contributed by atoms with Crippen LogP contribution in [0.2, 0.25) is 0 Å². The molecule has 0 aromatic heterocycles. The first kappa shape index (κ1) is 26.4. The minimum absolute atomic E-state index is 0.00285. The van der Waals surface area contributed by atoms with Crippen LogP contribution in [0.25, 0.3) is 0 Å². The molecule has 0 spiro atoms. The molecule has 2 amide bonds. The maximum absolute atomic E-state index is 11.6. The molecule has 0 heterocycles. The molecular formula is C32H68N6O10. The predicted octanol–water partition coefficient (Wildman–Crippen LogP) is -1.46. The minimum Gasteiger partial charge on any atom is -0.467 e. The Labute approximate surface area is 310 Å². The van der Waals surface area contributed by atoms with Gasteiger partial charge < -0.3 is 61.8 Å². The lowest BCUT2D eigenvalue weighted by atomic mass is 10.2. The SMILES string of the molecule is CC[C@H](NC(=O)C(=O)N[C@@H](CC)C(=O)OC)C(=O)OC.[2H]C([2H])(O)[C@H](CC)NC([2H])([2H])C([2H])([2H])N[C@@H](CC)C([2H])([2H])O.[2H]C([2H])(O)[C@H](CC)NC([2H])([2H])C([2H])([2H])N[C@@H](CC)C([2H])([2H])O. The molecule has 10 N–H and O–H groups in total. The van der Waals surface area contributed by atoms with E-state index in [0.717, 1.165) is 0 Å². The van der Waals surface area contributed by atoms with E-state index in [0.29, 0.717) is 0 Å². The Morgan fingerprint density at radius 1 is 0.500 bits per heavy atom. The minimum atomic E-state index is -2.83. The summed E-state index contributed by atoms with van der Waals surface area (Å²) < 4.78 is 129. The second-order valence-corrected chi connectivity index (χ2v) is 9.35. The molecule has 0 saturated heterocycles. The molecule has 6 atom stereocenters. The zero-order valence-corrected chi connectivity index (χ0v) is 28.9. The lowest BCUT2D eigenvalue weighted by Crippen LogP contribution is -2.51. The first-order valence-corrected chi connectivity index (χ1v) is 15.3. The summed E-state index contributed by atoms with van der Waals surface area (Å²) in [7, 11) is 2.36. The van der Waals surface area contributed by atoms with Crippen molar-refractivity contribution in [2.75, 3.05) is 66.4 Å². The van der Waals surface area contributed by atoms with E-state index in [9.17, 15) is 39.6 Å². The van der Waals surface area contributed by atoms with Crippen molar-refractivity contribution in [2.45, 2.75) is 116 Å². The highest BCUT2D eigenvalue weighted by Gasteiger charge is 2.27. The van der Waals surface area contributed by atoms with Gasteiger partial charge in [-0.15, -0.1) is 0 Å². The van der Waals surface area contributed by atoms with Crippen molar-refractivity contribution in [1.29, 1.82) is 0 Å². The number of carbonyl (C=O) groups is 4. The van der Waals surface area contributed by atoms with Gasteiger partial charge in [-0.25, -0.2) is 9.59 Å². The summed E-state index contributed by atoms with van der Waals surface area (Å²) in [6.45, 7) is -13.1. The van der Waals surface area contributed by atoms with E-state index in [1.165, 1.54) is 41.9 Å². The molecule has 0 fully saturated rings. The van der Waals surface area contributed by atoms with Gasteiger partial charge in [-0.1, -0.05) is 41.5 Å². The van der Waals surface area contributed by atoms with Gasteiger partial charge in [0.1, 0.15) is 12.1 Å². The monoisotopic (exact) mass is 713 g/mol. The molecule has 0 aliphatic heterocycles. The summed E-state index contributed by atoms with van der Waals surface area (Å²) >= 11 is 0. The number of hydrogen-bond donors (Lipinski definition) is 10. The number of amides is 2. The van der Waals surface area contributed by atoms with Gasteiger partial charge in [0.25, 0.3) is 0 Å². The Kier molecular flexibility index (Phi) is 18.9. The molecule has 0 aliphatic carbocycles. The van der Waals surface area contributed by atoms with Crippen molar-refractivity contribution in [3.8, 4) is 0 Å². The summed E-state index contributed by atoms with van der Waals surface area (Å²) in [5.74, 6) is -3.31. The highest BCUT2D eigenvalue weighted by molar-refractivity contribution is 6.35. The van der Waals surface area contributed by atoms with E-state index in [4.69, 9.17) is 21.9 Å². The summed E-state index contributed by atoms with van der Waals surface area (Å²) in [4.78, 5) is 45.8. The van der Waals surface area contributed by atoms with Crippen LogP contribution in [0.1, 0.15) is 102 Å². The molecule has 16 heteroatoms. The van der Waals surface area contributed by atoms with Crippen LogP contribution in [0, 0.1) is 0 Å². The molecular weight excluding hydrogens is 628 g/mol. The third-order valence-electron chi connectivity index (χ3n) is 5.97. The third-order valence-corrected chi connectivity index (χ3v) is 5.97. The van der Waals surface area contributed by atoms with Crippen molar-refractivity contribution < 1.29 is 71.0 Å². The molecule has 0 saturated carbocycles. The van der Waals surface area contributed by atoms with Crippen LogP contribution in [0.15, 0.2) is 0 Å². The molecule has 16 nitrogen and oxygen atoms in total. The molecule has 0 aliphatic rings. The fourth-order valence-electron chi connectivity index (χ4n) is 2.78. The molecule has 0 radical (unpaired) electrons. The zero-order chi connectivity index (χ0) is 51.7. The lowest BCUT2D eigenvalue weighted by molar-refractivity contribution is -0.149. The van der Waals surface area contributed by atoms with Gasteiger partial charge in [-0.2, -0.15) is 0 Å². The van der Waals surface area contributed by atoms with E-state index in [1.807, 2.05) is 0 Å². The average Bonchev–Trinajstić information content (AvgIpc) is 3.15. The number of carbonyl (C=O) groups excluding carboxylic acids is 4. The van der Waals surface area contributed by atoms with Gasteiger partial charge in [0.2, 0.25) is 0 Å². The van der Waals surface area contributed by atoms with Gasteiger partial charge in [0, 0.05) is 61.1 Å². The fraction of sp³-hybridized carbons (Fsp3) is 0.875. The smallest absolute Gasteiger partial charge is 0.328 e. The molecule has 48 heavy (non-hydrogen) atoms. The number of methoxy groups -OCH3 is 2. The van der Waals surface area contributed by atoms with E-state index in [1.54, 1.807) is 13.8 Å². The van der Waals surface area contributed by atoms with Crippen LogP contribution in [0.4, 0.5) is 0 Å². The molecule has 0 aromatic carbocycles. The van der Waals surface area contributed by atoms with Crippen molar-refractivity contribution in [1.82, 2.24) is 31.9 Å². The normalized spacial score (nSPS) is 21.7. The largest absolute Gasteiger partial charge is 0.467 e. The van der Waals surface area contributed by atoms with E-state index >= 15 is 0 Å².